The molecule has 0 aliphatic carbocycles. The third-order valence-electron chi connectivity index (χ3n) is 6.06. The zero-order chi connectivity index (χ0) is 21.2. The van der Waals surface area contributed by atoms with Gasteiger partial charge >= 0.3 is 0 Å². The van der Waals surface area contributed by atoms with Crippen molar-refractivity contribution in [2.24, 2.45) is 0 Å². The van der Waals surface area contributed by atoms with Crippen molar-refractivity contribution in [3.8, 4) is 23.3 Å². The minimum atomic E-state index is -0.571. The summed E-state index contributed by atoms with van der Waals surface area (Å²) in [5, 5.41) is 0. The van der Waals surface area contributed by atoms with E-state index in [1.54, 1.807) is 0 Å². The predicted molar refractivity (Wildman–Crippen MR) is 115 cm³/mol. The molecule has 0 unspecified atom stereocenters. The summed E-state index contributed by atoms with van der Waals surface area (Å²) >= 11 is 0. The summed E-state index contributed by atoms with van der Waals surface area (Å²) in [5.41, 5.74) is -0.451. The van der Waals surface area contributed by atoms with Gasteiger partial charge in [0.15, 0.2) is 11.5 Å². The Balaban J connectivity index is 1.25. The molecule has 0 radical (unpaired) electrons. The lowest BCUT2D eigenvalue weighted by Gasteiger charge is -2.40. The SMILES string of the molecule is CC1(C)CCC[C@@](C)(C#CCN2CCN(C(=O)[C@H]3COc4ccccc4O3)CC2)O1. The molecule has 0 bridgehead atoms. The molecule has 4 rings (SSSR count). The molecule has 1 aromatic rings. The highest BCUT2D eigenvalue weighted by Gasteiger charge is 2.36. The van der Waals surface area contributed by atoms with Gasteiger partial charge in [-0.15, -0.1) is 0 Å². The maximum absolute atomic E-state index is 12.9. The van der Waals surface area contributed by atoms with Crippen molar-refractivity contribution in [3.63, 3.8) is 0 Å². The van der Waals surface area contributed by atoms with Crippen molar-refractivity contribution in [1.29, 1.82) is 0 Å². The first-order valence-electron chi connectivity index (χ1n) is 10.9. The first-order chi connectivity index (χ1) is 14.3. The van der Waals surface area contributed by atoms with E-state index in [4.69, 9.17) is 14.2 Å². The lowest BCUT2D eigenvalue weighted by Crippen LogP contribution is -2.54. The third-order valence-corrected chi connectivity index (χ3v) is 6.06. The Labute approximate surface area is 179 Å². The van der Waals surface area contributed by atoms with E-state index in [1.807, 2.05) is 29.2 Å². The molecule has 6 heteroatoms. The number of fused-ring (bicyclic) bond motifs is 1. The van der Waals surface area contributed by atoms with Gasteiger partial charge < -0.3 is 19.1 Å². The quantitative estimate of drug-likeness (QED) is 0.699. The highest BCUT2D eigenvalue weighted by molar-refractivity contribution is 5.82. The molecule has 3 aliphatic rings. The molecule has 6 nitrogen and oxygen atoms in total. The molecule has 3 heterocycles. The Kier molecular flexibility index (Phi) is 5.95. The number of carbonyl (C=O) groups is 1. The second-order valence-electron chi connectivity index (χ2n) is 9.21. The largest absolute Gasteiger partial charge is 0.485 e. The van der Waals surface area contributed by atoms with Crippen molar-refractivity contribution in [1.82, 2.24) is 9.80 Å². The second-order valence-corrected chi connectivity index (χ2v) is 9.21. The molecular weight excluding hydrogens is 380 g/mol. The van der Waals surface area contributed by atoms with E-state index in [9.17, 15) is 4.79 Å². The van der Waals surface area contributed by atoms with Crippen molar-refractivity contribution in [2.75, 3.05) is 39.3 Å². The van der Waals surface area contributed by atoms with Crippen LogP contribution in [0.15, 0.2) is 24.3 Å². The summed E-state index contributed by atoms with van der Waals surface area (Å²) in [5.74, 6) is 8.02. The second kappa shape index (κ2) is 8.49. The Morgan fingerprint density at radius 1 is 1.10 bits per heavy atom. The number of ether oxygens (including phenoxy) is 3. The van der Waals surface area contributed by atoms with Crippen LogP contribution in [0.2, 0.25) is 0 Å². The number of hydrogen-bond acceptors (Lipinski definition) is 5. The van der Waals surface area contributed by atoms with Crippen LogP contribution in [0, 0.1) is 11.8 Å². The smallest absolute Gasteiger partial charge is 0.267 e. The van der Waals surface area contributed by atoms with Crippen LogP contribution in [0.5, 0.6) is 11.5 Å². The molecule has 0 spiro atoms. The number of rotatable bonds is 2. The van der Waals surface area contributed by atoms with Gasteiger partial charge in [0.25, 0.3) is 5.91 Å². The molecule has 1 aromatic carbocycles. The van der Waals surface area contributed by atoms with Gasteiger partial charge in [0, 0.05) is 26.2 Å². The first kappa shape index (κ1) is 21.0. The van der Waals surface area contributed by atoms with Gasteiger partial charge in [-0.25, -0.2) is 0 Å². The number of benzene rings is 1. The van der Waals surface area contributed by atoms with Gasteiger partial charge in [-0.1, -0.05) is 24.0 Å². The molecule has 0 saturated carbocycles. The van der Waals surface area contributed by atoms with Crippen LogP contribution in [0.25, 0.3) is 0 Å². The topological polar surface area (TPSA) is 51.2 Å². The average molecular weight is 413 g/mol. The van der Waals surface area contributed by atoms with Crippen molar-refractivity contribution in [2.45, 2.75) is 57.3 Å². The molecule has 0 aromatic heterocycles. The Hall–Kier alpha value is -2.23. The number of carbonyl (C=O) groups excluding carboxylic acids is 1. The molecule has 3 aliphatic heterocycles. The molecule has 30 heavy (non-hydrogen) atoms. The summed E-state index contributed by atoms with van der Waals surface area (Å²) in [7, 11) is 0. The van der Waals surface area contributed by atoms with E-state index in [-0.39, 0.29) is 23.7 Å². The summed E-state index contributed by atoms with van der Waals surface area (Å²) in [4.78, 5) is 17.0. The van der Waals surface area contributed by atoms with E-state index in [1.165, 1.54) is 0 Å². The van der Waals surface area contributed by atoms with Gasteiger partial charge in [-0.2, -0.15) is 0 Å². The van der Waals surface area contributed by atoms with Crippen LogP contribution in [-0.2, 0) is 9.53 Å². The highest BCUT2D eigenvalue weighted by Crippen LogP contribution is 2.34. The summed E-state index contributed by atoms with van der Waals surface area (Å²) in [6, 6.07) is 7.47. The Morgan fingerprint density at radius 2 is 1.83 bits per heavy atom. The fourth-order valence-electron chi connectivity index (χ4n) is 4.46. The van der Waals surface area contributed by atoms with Crippen LogP contribution in [0.4, 0.5) is 0 Å². The van der Waals surface area contributed by atoms with Crippen LogP contribution in [0.3, 0.4) is 0 Å². The first-order valence-corrected chi connectivity index (χ1v) is 10.9. The van der Waals surface area contributed by atoms with E-state index in [0.29, 0.717) is 31.1 Å². The van der Waals surface area contributed by atoms with E-state index in [0.717, 1.165) is 32.4 Å². The minimum Gasteiger partial charge on any atom is -0.485 e. The van der Waals surface area contributed by atoms with E-state index >= 15 is 0 Å². The average Bonchev–Trinajstić information content (AvgIpc) is 2.72. The van der Waals surface area contributed by atoms with Gasteiger partial charge in [0.2, 0.25) is 6.10 Å². The van der Waals surface area contributed by atoms with Crippen LogP contribution in [-0.4, -0.2) is 72.3 Å². The number of para-hydroxylation sites is 2. The number of hydrogen-bond donors (Lipinski definition) is 0. The minimum absolute atomic E-state index is 0.000542. The van der Waals surface area contributed by atoms with Crippen LogP contribution in [0.1, 0.15) is 40.0 Å². The van der Waals surface area contributed by atoms with E-state index in [2.05, 4.69) is 37.5 Å². The van der Waals surface area contributed by atoms with Gasteiger partial charge in [0.05, 0.1) is 12.1 Å². The van der Waals surface area contributed by atoms with Crippen molar-refractivity contribution in [3.05, 3.63) is 24.3 Å². The fraction of sp³-hybridized carbons (Fsp3) is 0.625. The van der Waals surface area contributed by atoms with Crippen molar-refractivity contribution >= 4 is 5.91 Å². The summed E-state index contributed by atoms with van der Waals surface area (Å²) < 4.78 is 17.8. The van der Waals surface area contributed by atoms with Gasteiger partial charge in [-0.05, 0) is 52.2 Å². The maximum Gasteiger partial charge on any atom is 0.267 e. The zero-order valence-corrected chi connectivity index (χ0v) is 18.3. The van der Waals surface area contributed by atoms with Crippen LogP contribution >= 0.6 is 0 Å². The molecule has 162 valence electrons. The molecular formula is C24H32N2O4. The fourth-order valence-corrected chi connectivity index (χ4v) is 4.46. The molecule has 0 N–H and O–H groups in total. The lowest BCUT2D eigenvalue weighted by atomic mass is 9.88. The zero-order valence-electron chi connectivity index (χ0n) is 18.3. The molecule has 2 saturated heterocycles. The summed E-state index contributed by atoms with van der Waals surface area (Å²) in [6.07, 6.45) is 2.65. The standard InChI is InChI=1S/C24H32N2O4/c1-23(2)10-6-11-24(3,30-23)12-7-13-25-14-16-26(17-15-25)22(27)21-18-28-19-8-4-5-9-20(19)29-21/h4-5,8-9,21H,6,10-11,13-18H2,1-3H3/t21-,24+/m1/s1. The highest BCUT2D eigenvalue weighted by atomic mass is 16.6. The Morgan fingerprint density at radius 3 is 2.57 bits per heavy atom. The maximum atomic E-state index is 12.9. The monoisotopic (exact) mass is 412 g/mol. The van der Waals surface area contributed by atoms with Crippen molar-refractivity contribution < 1.29 is 19.0 Å². The lowest BCUT2D eigenvalue weighted by molar-refractivity contribution is -0.142. The molecule has 1 amide bonds. The summed E-state index contributed by atoms with van der Waals surface area (Å²) in [6.45, 7) is 10.3. The van der Waals surface area contributed by atoms with Crippen LogP contribution < -0.4 is 9.47 Å². The third kappa shape index (κ3) is 4.91. The Bertz CT molecular complexity index is 835. The molecule has 2 atom stereocenters. The number of nitrogens with zero attached hydrogens (tertiary/aromatic N) is 2. The number of amides is 1. The predicted octanol–water partition coefficient (Wildman–Crippen LogP) is 2.71. The van der Waals surface area contributed by atoms with E-state index < -0.39 is 6.10 Å². The van der Waals surface area contributed by atoms with Gasteiger partial charge in [-0.3, -0.25) is 9.69 Å². The van der Waals surface area contributed by atoms with Gasteiger partial charge in [0.1, 0.15) is 12.2 Å². The normalized spacial score (nSPS) is 28.4. The molecule has 2 fully saturated rings. The number of piperazine rings is 1.